The Labute approximate surface area is 103 Å². The molecule has 0 radical (unpaired) electrons. The molecular weight excluding hydrogens is 212 g/mol. The average molecular weight is 234 g/mol. The van der Waals surface area contributed by atoms with Gasteiger partial charge in [0.05, 0.1) is 17.1 Å². The summed E-state index contributed by atoms with van der Waals surface area (Å²) in [5.74, 6) is 0. The Morgan fingerprint density at radius 2 is 2.00 bits per heavy atom. The molecule has 1 unspecified atom stereocenters. The maximum absolute atomic E-state index is 4.46. The zero-order chi connectivity index (χ0) is 12.0. The predicted octanol–water partition coefficient (Wildman–Crippen LogP) is 1.69. The maximum atomic E-state index is 4.46. The molecule has 4 nitrogen and oxygen atoms in total. The van der Waals surface area contributed by atoms with Crippen molar-refractivity contribution in [1.82, 2.24) is 14.7 Å². The van der Waals surface area contributed by atoms with Crippen molar-refractivity contribution in [1.29, 1.82) is 0 Å². The number of nitrogens with zero attached hydrogens (tertiary/aromatic N) is 3. The summed E-state index contributed by atoms with van der Waals surface area (Å²) in [4.78, 5) is 2.64. The van der Waals surface area contributed by atoms with E-state index in [4.69, 9.17) is 0 Å². The SMILES string of the molecule is Cc1nn(C)c(C)c1NC1CCN(C2CC2)C1. The third-order valence-corrected chi connectivity index (χ3v) is 4.14. The Morgan fingerprint density at radius 1 is 1.24 bits per heavy atom. The number of aromatic nitrogens is 2. The van der Waals surface area contributed by atoms with Gasteiger partial charge < -0.3 is 5.32 Å². The fraction of sp³-hybridized carbons (Fsp3) is 0.769. The third kappa shape index (κ3) is 2.06. The van der Waals surface area contributed by atoms with Gasteiger partial charge >= 0.3 is 0 Å². The van der Waals surface area contributed by atoms with E-state index < -0.39 is 0 Å². The molecule has 94 valence electrons. The predicted molar refractivity (Wildman–Crippen MR) is 69.3 cm³/mol. The molecule has 0 spiro atoms. The molecule has 4 heteroatoms. The highest BCUT2D eigenvalue weighted by molar-refractivity contribution is 5.52. The summed E-state index contributed by atoms with van der Waals surface area (Å²) >= 11 is 0. The lowest BCUT2D eigenvalue weighted by Crippen LogP contribution is -2.28. The van der Waals surface area contributed by atoms with Crippen LogP contribution in [0.5, 0.6) is 0 Å². The van der Waals surface area contributed by atoms with E-state index in [1.165, 1.54) is 43.7 Å². The van der Waals surface area contributed by atoms with Gasteiger partial charge in [-0.1, -0.05) is 0 Å². The average Bonchev–Trinajstić information content (AvgIpc) is 3.00. The number of hydrogen-bond acceptors (Lipinski definition) is 3. The Hall–Kier alpha value is -1.03. The molecule has 1 aliphatic carbocycles. The second-order valence-corrected chi connectivity index (χ2v) is 5.53. The molecule has 1 atom stereocenters. The maximum Gasteiger partial charge on any atom is 0.0827 e. The molecule has 17 heavy (non-hydrogen) atoms. The lowest BCUT2D eigenvalue weighted by atomic mass is 10.2. The van der Waals surface area contributed by atoms with Crippen LogP contribution in [0.3, 0.4) is 0 Å². The van der Waals surface area contributed by atoms with Crippen LogP contribution >= 0.6 is 0 Å². The molecule has 1 aromatic heterocycles. The molecule has 0 aromatic carbocycles. The van der Waals surface area contributed by atoms with Crippen LogP contribution in [0.1, 0.15) is 30.7 Å². The number of anilines is 1. The van der Waals surface area contributed by atoms with Gasteiger partial charge in [-0.15, -0.1) is 0 Å². The summed E-state index contributed by atoms with van der Waals surface area (Å²) in [7, 11) is 2.01. The molecule has 2 aliphatic rings. The summed E-state index contributed by atoms with van der Waals surface area (Å²) in [6.07, 6.45) is 4.10. The second kappa shape index (κ2) is 4.02. The summed E-state index contributed by atoms with van der Waals surface area (Å²) in [5, 5.41) is 8.15. The van der Waals surface area contributed by atoms with Gasteiger partial charge in [0.1, 0.15) is 0 Å². The second-order valence-electron chi connectivity index (χ2n) is 5.53. The standard InChI is InChI=1S/C13H22N4/c1-9-13(10(2)16(3)15-9)14-11-6-7-17(8-11)12-4-5-12/h11-12,14H,4-8H2,1-3H3. The molecule has 2 fully saturated rings. The van der Waals surface area contributed by atoms with Crippen molar-refractivity contribution in [2.75, 3.05) is 18.4 Å². The number of likely N-dealkylation sites (tertiary alicyclic amines) is 1. The molecule has 1 aromatic rings. The fourth-order valence-corrected chi connectivity index (χ4v) is 2.86. The molecule has 2 heterocycles. The number of hydrogen-bond donors (Lipinski definition) is 1. The van der Waals surface area contributed by atoms with E-state index in [-0.39, 0.29) is 0 Å². The summed E-state index contributed by atoms with van der Waals surface area (Å²) in [6, 6.07) is 1.51. The van der Waals surface area contributed by atoms with Gasteiger partial charge in [0.25, 0.3) is 0 Å². The zero-order valence-electron chi connectivity index (χ0n) is 11.0. The van der Waals surface area contributed by atoms with Gasteiger partial charge in [-0.2, -0.15) is 5.10 Å². The van der Waals surface area contributed by atoms with Crippen LogP contribution in [0.25, 0.3) is 0 Å². The number of nitrogens with one attached hydrogen (secondary N) is 1. The van der Waals surface area contributed by atoms with Crippen LogP contribution in [-0.2, 0) is 7.05 Å². The number of rotatable bonds is 3. The monoisotopic (exact) mass is 234 g/mol. The first-order valence-electron chi connectivity index (χ1n) is 6.66. The lowest BCUT2D eigenvalue weighted by Gasteiger charge is -2.16. The van der Waals surface area contributed by atoms with E-state index in [9.17, 15) is 0 Å². The highest BCUT2D eigenvalue weighted by Crippen LogP contribution is 2.31. The van der Waals surface area contributed by atoms with Crippen LogP contribution < -0.4 is 5.32 Å². The third-order valence-electron chi connectivity index (χ3n) is 4.14. The molecule has 0 amide bonds. The Kier molecular flexibility index (Phi) is 2.62. The van der Waals surface area contributed by atoms with Crippen molar-refractivity contribution in [2.45, 2.75) is 45.2 Å². The van der Waals surface area contributed by atoms with Gasteiger partial charge in [0, 0.05) is 32.2 Å². The van der Waals surface area contributed by atoms with E-state index in [1.54, 1.807) is 0 Å². The smallest absolute Gasteiger partial charge is 0.0827 e. The highest BCUT2D eigenvalue weighted by Gasteiger charge is 2.34. The molecular formula is C13H22N4. The topological polar surface area (TPSA) is 33.1 Å². The van der Waals surface area contributed by atoms with Crippen molar-refractivity contribution >= 4 is 5.69 Å². The summed E-state index contributed by atoms with van der Waals surface area (Å²) < 4.78 is 1.96. The van der Waals surface area contributed by atoms with Crippen molar-refractivity contribution in [3.05, 3.63) is 11.4 Å². The van der Waals surface area contributed by atoms with E-state index >= 15 is 0 Å². The lowest BCUT2D eigenvalue weighted by molar-refractivity contribution is 0.326. The van der Waals surface area contributed by atoms with Crippen LogP contribution in [0.2, 0.25) is 0 Å². The van der Waals surface area contributed by atoms with Gasteiger partial charge in [0.2, 0.25) is 0 Å². The Bertz CT molecular complexity index is 419. The van der Waals surface area contributed by atoms with Crippen molar-refractivity contribution in [3.63, 3.8) is 0 Å². The summed E-state index contributed by atoms with van der Waals surface area (Å²) in [6.45, 7) is 6.69. The van der Waals surface area contributed by atoms with Crippen molar-refractivity contribution < 1.29 is 0 Å². The molecule has 1 N–H and O–H groups in total. The fourth-order valence-electron chi connectivity index (χ4n) is 2.86. The first-order valence-corrected chi connectivity index (χ1v) is 6.66. The van der Waals surface area contributed by atoms with Gasteiger partial charge in [0.15, 0.2) is 0 Å². The van der Waals surface area contributed by atoms with Gasteiger partial charge in [-0.05, 0) is 33.1 Å². The number of aryl methyl sites for hydroxylation is 2. The summed E-state index contributed by atoms with van der Waals surface area (Å²) in [5.41, 5.74) is 3.61. The molecule has 0 bridgehead atoms. The van der Waals surface area contributed by atoms with Gasteiger partial charge in [-0.25, -0.2) is 0 Å². The largest absolute Gasteiger partial charge is 0.378 e. The first-order chi connectivity index (χ1) is 8.15. The molecule has 1 saturated heterocycles. The van der Waals surface area contributed by atoms with E-state index in [0.717, 1.165) is 11.7 Å². The van der Waals surface area contributed by atoms with Gasteiger partial charge in [-0.3, -0.25) is 9.58 Å². The van der Waals surface area contributed by atoms with Crippen molar-refractivity contribution in [3.8, 4) is 0 Å². The van der Waals surface area contributed by atoms with Crippen LogP contribution in [0.15, 0.2) is 0 Å². The van der Waals surface area contributed by atoms with Crippen LogP contribution in [-0.4, -0.2) is 39.9 Å². The minimum atomic E-state index is 0.609. The Balaban J connectivity index is 1.66. The zero-order valence-corrected chi connectivity index (χ0v) is 11.0. The first kappa shape index (κ1) is 11.1. The molecule has 3 rings (SSSR count). The van der Waals surface area contributed by atoms with Crippen LogP contribution in [0, 0.1) is 13.8 Å². The minimum absolute atomic E-state index is 0.609. The minimum Gasteiger partial charge on any atom is -0.378 e. The molecule has 1 saturated carbocycles. The van der Waals surface area contributed by atoms with E-state index in [1.807, 2.05) is 11.7 Å². The Morgan fingerprint density at radius 3 is 2.59 bits per heavy atom. The van der Waals surface area contributed by atoms with Crippen molar-refractivity contribution in [2.24, 2.45) is 7.05 Å². The van der Waals surface area contributed by atoms with Crippen LogP contribution in [0.4, 0.5) is 5.69 Å². The van der Waals surface area contributed by atoms with E-state index in [2.05, 4.69) is 29.2 Å². The quantitative estimate of drug-likeness (QED) is 0.864. The van der Waals surface area contributed by atoms with E-state index in [0.29, 0.717) is 6.04 Å². The molecule has 1 aliphatic heterocycles. The highest BCUT2D eigenvalue weighted by atomic mass is 15.3. The normalized spacial score (nSPS) is 25.5.